The zero-order chi connectivity index (χ0) is 12.8. The molecule has 2 rings (SSSR count). The highest BCUT2D eigenvalue weighted by Crippen LogP contribution is 2.22. The van der Waals surface area contributed by atoms with E-state index in [4.69, 9.17) is 0 Å². The molecule has 1 aliphatic heterocycles. The van der Waals surface area contributed by atoms with Crippen molar-refractivity contribution in [2.75, 3.05) is 13.1 Å². The molecule has 0 aromatic carbocycles. The molecule has 3 heteroatoms. The largest absolute Gasteiger partial charge is 0.352 e. The summed E-state index contributed by atoms with van der Waals surface area (Å²) >= 11 is 0. The average Bonchev–Trinajstić information content (AvgIpc) is 2.28. The van der Waals surface area contributed by atoms with E-state index in [9.17, 15) is 4.79 Å². The van der Waals surface area contributed by atoms with E-state index < -0.39 is 0 Å². The van der Waals surface area contributed by atoms with E-state index in [1.165, 1.54) is 32.1 Å². The number of nitrogens with one attached hydrogen (secondary N) is 2. The fraction of sp³-hybridized carbons (Fsp3) is 0.933. The topological polar surface area (TPSA) is 41.1 Å². The lowest BCUT2D eigenvalue weighted by atomic mass is 9.89. The third-order valence-electron chi connectivity index (χ3n) is 4.39. The molecule has 18 heavy (non-hydrogen) atoms. The highest BCUT2D eigenvalue weighted by Gasteiger charge is 2.24. The van der Waals surface area contributed by atoms with Gasteiger partial charge in [0.2, 0.25) is 5.91 Å². The minimum Gasteiger partial charge on any atom is -0.352 e. The molecule has 2 unspecified atom stereocenters. The third kappa shape index (κ3) is 4.27. The number of carbonyl (C=O) groups is 1. The van der Waals surface area contributed by atoms with Gasteiger partial charge in [-0.3, -0.25) is 4.79 Å². The van der Waals surface area contributed by atoms with Crippen molar-refractivity contribution in [3.8, 4) is 0 Å². The van der Waals surface area contributed by atoms with E-state index >= 15 is 0 Å². The van der Waals surface area contributed by atoms with E-state index in [1.54, 1.807) is 0 Å². The average molecular weight is 252 g/mol. The summed E-state index contributed by atoms with van der Waals surface area (Å²) in [5.74, 6) is 1.28. The Kier molecular flexibility index (Phi) is 5.48. The van der Waals surface area contributed by atoms with Crippen molar-refractivity contribution in [1.29, 1.82) is 0 Å². The van der Waals surface area contributed by atoms with Crippen molar-refractivity contribution in [2.24, 2.45) is 11.8 Å². The van der Waals surface area contributed by atoms with E-state index in [0.29, 0.717) is 17.9 Å². The van der Waals surface area contributed by atoms with Crippen LogP contribution in [-0.4, -0.2) is 25.0 Å². The van der Waals surface area contributed by atoms with Gasteiger partial charge < -0.3 is 10.6 Å². The van der Waals surface area contributed by atoms with Gasteiger partial charge in [0, 0.05) is 18.5 Å². The van der Waals surface area contributed by atoms with Crippen molar-refractivity contribution in [1.82, 2.24) is 10.6 Å². The maximum Gasteiger partial charge on any atom is 0.223 e. The molecule has 2 fully saturated rings. The van der Waals surface area contributed by atoms with Crippen LogP contribution in [0.4, 0.5) is 0 Å². The SMILES string of the molecule is CC1CNCC(NC(=O)C2CCCCCCC2)C1. The molecule has 0 spiro atoms. The molecule has 0 bridgehead atoms. The maximum atomic E-state index is 12.3. The fourth-order valence-electron chi connectivity index (χ4n) is 3.30. The molecule has 2 N–H and O–H groups in total. The van der Waals surface area contributed by atoms with Crippen LogP contribution in [0.25, 0.3) is 0 Å². The lowest BCUT2D eigenvalue weighted by Gasteiger charge is -2.30. The summed E-state index contributed by atoms with van der Waals surface area (Å²) in [6.45, 7) is 4.29. The van der Waals surface area contributed by atoms with Crippen LogP contribution < -0.4 is 10.6 Å². The lowest BCUT2D eigenvalue weighted by Crippen LogP contribution is -2.49. The normalized spacial score (nSPS) is 31.4. The summed E-state index contributed by atoms with van der Waals surface area (Å²) in [6, 6.07) is 0.353. The minimum absolute atomic E-state index is 0.280. The summed E-state index contributed by atoms with van der Waals surface area (Å²) in [5.41, 5.74) is 0. The zero-order valence-electron chi connectivity index (χ0n) is 11.7. The molecular weight excluding hydrogens is 224 g/mol. The highest BCUT2D eigenvalue weighted by molar-refractivity contribution is 5.78. The summed E-state index contributed by atoms with van der Waals surface area (Å²) < 4.78 is 0. The van der Waals surface area contributed by atoms with Crippen molar-refractivity contribution in [3.63, 3.8) is 0 Å². The molecule has 0 aromatic rings. The molecule has 0 radical (unpaired) electrons. The molecule has 104 valence electrons. The van der Waals surface area contributed by atoms with E-state index in [2.05, 4.69) is 17.6 Å². The Morgan fingerprint density at radius 3 is 2.39 bits per heavy atom. The van der Waals surface area contributed by atoms with E-state index in [1.807, 2.05) is 0 Å². The van der Waals surface area contributed by atoms with Crippen LogP contribution in [-0.2, 0) is 4.79 Å². The Bertz CT molecular complexity index is 259. The third-order valence-corrected chi connectivity index (χ3v) is 4.39. The molecule has 1 aliphatic carbocycles. The zero-order valence-corrected chi connectivity index (χ0v) is 11.7. The number of rotatable bonds is 2. The van der Waals surface area contributed by atoms with E-state index in [0.717, 1.165) is 32.4 Å². The first-order chi connectivity index (χ1) is 8.75. The van der Waals surface area contributed by atoms with Crippen LogP contribution in [0.3, 0.4) is 0 Å². The summed E-state index contributed by atoms with van der Waals surface area (Å²) in [4.78, 5) is 12.3. The fourth-order valence-corrected chi connectivity index (χ4v) is 3.30. The Labute approximate surface area is 111 Å². The summed E-state index contributed by atoms with van der Waals surface area (Å²) in [7, 11) is 0. The molecule has 1 heterocycles. The van der Waals surface area contributed by atoms with Crippen molar-refractivity contribution in [3.05, 3.63) is 0 Å². The quantitative estimate of drug-likeness (QED) is 0.792. The van der Waals surface area contributed by atoms with Gasteiger partial charge in [0.15, 0.2) is 0 Å². The van der Waals surface area contributed by atoms with Gasteiger partial charge in [-0.15, -0.1) is 0 Å². The first kappa shape index (κ1) is 13.9. The van der Waals surface area contributed by atoms with Crippen LogP contribution >= 0.6 is 0 Å². The van der Waals surface area contributed by atoms with Crippen LogP contribution in [0.15, 0.2) is 0 Å². The number of hydrogen-bond acceptors (Lipinski definition) is 2. The molecule has 2 atom stereocenters. The second-order valence-electron chi connectivity index (χ2n) is 6.25. The van der Waals surface area contributed by atoms with Gasteiger partial charge in [0.05, 0.1) is 0 Å². The van der Waals surface area contributed by atoms with Gasteiger partial charge in [-0.2, -0.15) is 0 Å². The minimum atomic E-state index is 0.280. The summed E-state index contributed by atoms with van der Waals surface area (Å²) in [6.07, 6.45) is 9.78. The van der Waals surface area contributed by atoms with Crippen molar-refractivity contribution < 1.29 is 4.79 Å². The smallest absolute Gasteiger partial charge is 0.223 e. The van der Waals surface area contributed by atoms with Crippen molar-refractivity contribution >= 4 is 5.91 Å². The molecule has 1 amide bonds. The molecule has 0 aromatic heterocycles. The predicted molar refractivity (Wildman–Crippen MR) is 74.4 cm³/mol. The predicted octanol–water partition coefficient (Wildman–Crippen LogP) is 2.46. The number of carbonyl (C=O) groups excluding carboxylic acids is 1. The Hall–Kier alpha value is -0.570. The standard InChI is InChI=1S/C15H28N2O/c1-12-9-14(11-16-10-12)17-15(18)13-7-5-3-2-4-6-8-13/h12-14,16H,2-11H2,1H3,(H,17,18). The van der Waals surface area contributed by atoms with Crippen molar-refractivity contribution in [2.45, 2.75) is 64.3 Å². The molecule has 1 saturated carbocycles. The van der Waals surface area contributed by atoms with Gasteiger partial charge in [-0.25, -0.2) is 0 Å². The second-order valence-corrected chi connectivity index (χ2v) is 6.25. The van der Waals surface area contributed by atoms with Crippen LogP contribution in [0, 0.1) is 11.8 Å². The number of piperidine rings is 1. The Morgan fingerprint density at radius 2 is 1.72 bits per heavy atom. The summed E-state index contributed by atoms with van der Waals surface area (Å²) in [5, 5.41) is 6.67. The Balaban J connectivity index is 1.78. The lowest BCUT2D eigenvalue weighted by molar-refractivity contribution is -0.126. The first-order valence-corrected chi connectivity index (χ1v) is 7.77. The molecular formula is C15H28N2O. The monoisotopic (exact) mass is 252 g/mol. The van der Waals surface area contributed by atoms with Crippen LogP contribution in [0.1, 0.15) is 58.3 Å². The Morgan fingerprint density at radius 1 is 1.06 bits per heavy atom. The number of hydrogen-bond donors (Lipinski definition) is 2. The van der Waals surface area contributed by atoms with Crippen LogP contribution in [0.2, 0.25) is 0 Å². The number of amides is 1. The first-order valence-electron chi connectivity index (χ1n) is 7.77. The highest BCUT2D eigenvalue weighted by atomic mass is 16.1. The van der Waals surface area contributed by atoms with Gasteiger partial charge in [0.1, 0.15) is 0 Å². The van der Waals surface area contributed by atoms with Gasteiger partial charge in [-0.05, 0) is 31.7 Å². The maximum absolute atomic E-state index is 12.3. The molecule has 2 aliphatic rings. The van der Waals surface area contributed by atoms with E-state index in [-0.39, 0.29) is 5.92 Å². The second kappa shape index (κ2) is 7.13. The van der Waals surface area contributed by atoms with Gasteiger partial charge in [0.25, 0.3) is 0 Å². The van der Waals surface area contributed by atoms with Gasteiger partial charge in [-0.1, -0.05) is 39.0 Å². The van der Waals surface area contributed by atoms with Gasteiger partial charge >= 0.3 is 0 Å². The molecule has 3 nitrogen and oxygen atoms in total. The van der Waals surface area contributed by atoms with Crippen LogP contribution in [0.5, 0.6) is 0 Å². The molecule has 1 saturated heterocycles.